The maximum Gasteiger partial charge on any atom is 0.315 e. The van der Waals surface area contributed by atoms with Crippen LogP contribution < -0.4 is 0 Å². The predicted molar refractivity (Wildman–Crippen MR) is 225 cm³/mol. The average molecular weight is 927 g/mol. The predicted octanol–water partition coefficient (Wildman–Crippen LogP) is 0.728. The van der Waals surface area contributed by atoms with E-state index in [2.05, 4.69) is 47.6 Å². The molecule has 18 heteroatoms. The Bertz CT molecular complexity index is 1810. The van der Waals surface area contributed by atoms with Gasteiger partial charge in [-0.15, -0.1) is 0 Å². The van der Waals surface area contributed by atoms with E-state index in [1.54, 1.807) is 6.92 Å². The first-order chi connectivity index (χ1) is 30.4. The summed E-state index contributed by atoms with van der Waals surface area (Å²) in [5, 5.41) is 106. The highest BCUT2D eigenvalue weighted by atomic mass is 16.8. The number of aliphatic carboxylic acids is 1. The molecule has 0 aromatic rings. The third-order valence-corrected chi connectivity index (χ3v) is 19.0. The molecular weight excluding hydrogens is 852 g/mol. The van der Waals surface area contributed by atoms with Gasteiger partial charge in [0.15, 0.2) is 12.6 Å². The van der Waals surface area contributed by atoms with Gasteiger partial charge in [0.1, 0.15) is 61.0 Å². The molecule has 3 heterocycles. The summed E-state index contributed by atoms with van der Waals surface area (Å²) >= 11 is 0. The number of esters is 1. The molecule has 0 aromatic heterocycles. The number of carbonyl (C=O) groups is 2. The second-order valence-electron chi connectivity index (χ2n) is 22.3. The Morgan fingerprint density at radius 2 is 1.42 bits per heavy atom. The maximum absolute atomic E-state index is 14.7. The van der Waals surface area contributed by atoms with E-state index in [0.29, 0.717) is 44.9 Å². The highest BCUT2D eigenvalue weighted by Crippen LogP contribution is 2.76. The van der Waals surface area contributed by atoms with Crippen LogP contribution in [0.15, 0.2) is 11.6 Å². The minimum Gasteiger partial charge on any atom is -0.481 e. The van der Waals surface area contributed by atoms with Gasteiger partial charge in [0.05, 0.1) is 36.3 Å². The van der Waals surface area contributed by atoms with Crippen LogP contribution >= 0.6 is 0 Å². The lowest BCUT2D eigenvalue weighted by molar-refractivity contribution is -0.367. The third-order valence-electron chi connectivity index (χ3n) is 19.0. The van der Waals surface area contributed by atoms with Gasteiger partial charge in [0, 0.05) is 0 Å². The summed E-state index contributed by atoms with van der Waals surface area (Å²) < 4.78 is 36.0. The second kappa shape index (κ2) is 17.5. The van der Waals surface area contributed by atoms with Crippen molar-refractivity contribution in [3.8, 4) is 0 Å². The fraction of sp³-hybridized carbons (Fsp3) is 0.915. The summed E-state index contributed by atoms with van der Waals surface area (Å²) in [6.45, 7) is 13.5. The Morgan fingerprint density at radius 1 is 0.723 bits per heavy atom. The Morgan fingerprint density at radius 3 is 2.09 bits per heavy atom. The first-order valence-electron chi connectivity index (χ1n) is 23.9. The number of ether oxygens (including phenoxy) is 6. The van der Waals surface area contributed by atoms with Crippen molar-refractivity contribution in [2.45, 2.75) is 198 Å². The number of allylic oxidation sites excluding steroid dienone is 1. The van der Waals surface area contributed by atoms with E-state index < -0.39 is 138 Å². The van der Waals surface area contributed by atoms with E-state index >= 15 is 0 Å². The van der Waals surface area contributed by atoms with Crippen molar-refractivity contribution in [1.82, 2.24) is 0 Å². The number of hydrogen-bond donors (Lipinski definition) is 10. The zero-order valence-electron chi connectivity index (χ0n) is 38.6. The zero-order valence-corrected chi connectivity index (χ0v) is 38.6. The lowest BCUT2D eigenvalue weighted by Crippen LogP contribution is -2.68. The van der Waals surface area contributed by atoms with Crippen molar-refractivity contribution in [3.05, 3.63) is 11.6 Å². The van der Waals surface area contributed by atoms with Crippen LogP contribution in [0.3, 0.4) is 0 Å². The number of fused-ring (bicyclic) bond motifs is 7. The van der Waals surface area contributed by atoms with Crippen molar-refractivity contribution in [3.63, 3.8) is 0 Å². The number of carboxylic acid groups (broad SMARTS) is 1. The Kier molecular flexibility index (Phi) is 13.3. The van der Waals surface area contributed by atoms with Crippen LogP contribution in [-0.4, -0.2) is 168 Å². The van der Waals surface area contributed by atoms with Crippen LogP contribution in [0.2, 0.25) is 0 Å². The molecule has 0 spiro atoms. The quantitative estimate of drug-likeness (QED) is 0.0912. The summed E-state index contributed by atoms with van der Waals surface area (Å²) in [5.74, 6) is -2.08. The molecule has 0 radical (unpaired) electrons. The smallest absolute Gasteiger partial charge is 0.315 e. The molecule has 8 rings (SSSR count). The molecule has 3 aliphatic heterocycles. The largest absolute Gasteiger partial charge is 0.481 e. The normalized spacial score (nSPS) is 54.2. The van der Waals surface area contributed by atoms with E-state index in [-0.39, 0.29) is 48.5 Å². The van der Waals surface area contributed by atoms with Gasteiger partial charge in [0.2, 0.25) is 6.29 Å². The van der Waals surface area contributed by atoms with Crippen molar-refractivity contribution in [2.24, 2.45) is 56.7 Å². The minimum absolute atomic E-state index is 0.0356. The molecule has 0 bridgehead atoms. The van der Waals surface area contributed by atoms with Gasteiger partial charge in [-0.1, -0.05) is 53.2 Å². The van der Waals surface area contributed by atoms with Crippen molar-refractivity contribution in [1.29, 1.82) is 0 Å². The highest BCUT2D eigenvalue weighted by molar-refractivity contribution is 5.85. The van der Waals surface area contributed by atoms with E-state index in [1.807, 2.05) is 0 Å². The summed E-state index contributed by atoms with van der Waals surface area (Å²) in [5.41, 5.74) is -3.34. The molecule has 8 aliphatic rings. The molecule has 3 saturated heterocycles. The van der Waals surface area contributed by atoms with E-state index in [0.717, 1.165) is 5.57 Å². The van der Waals surface area contributed by atoms with Gasteiger partial charge in [-0.3, -0.25) is 9.59 Å². The molecule has 10 N–H and O–H groups in total. The third kappa shape index (κ3) is 7.41. The second-order valence-corrected chi connectivity index (χ2v) is 22.3. The van der Waals surface area contributed by atoms with E-state index in [1.165, 1.54) is 0 Å². The molecule has 370 valence electrons. The summed E-state index contributed by atoms with van der Waals surface area (Å²) in [6, 6.07) is 0. The summed E-state index contributed by atoms with van der Waals surface area (Å²) in [6.07, 6.45) is -14.1. The van der Waals surface area contributed by atoms with E-state index in [9.17, 15) is 60.7 Å². The Hall–Kier alpha value is -1.88. The molecule has 0 amide bonds. The average Bonchev–Trinajstić information content (AvgIpc) is 3.25. The van der Waals surface area contributed by atoms with Crippen LogP contribution in [0.5, 0.6) is 0 Å². The molecule has 0 aromatic carbocycles. The van der Waals surface area contributed by atoms with Gasteiger partial charge in [0.25, 0.3) is 0 Å². The first kappa shape index (κ1) is 49.5. The van der Waals surface area contributed by atoms with Crippen LogP contribution in [0.25, 0.3) is 0 Å². The lowest BCUT2D eigenvalue weighted by atomic mass is 9.33. The lowest BCUT2D eigenvalue weighted by Gasteiger charge is -2.70. The molecule has 5 aliphatic carbocycles. The number of carboxylic acids is 1. The van der Waals surface area contributed by atoms with Crippen LogP contribution in [-0.2, 0) is 38.0 Å². The maximum atomic E-state index is 14.7. The van der Waals surface area contributed by atoms with Crippen molar-refractivity contribution < 1.29 is 89.1 Å². The van der Waals surface area contributed by atoms with Gasteiger partial charge in [-0.2, -0.15) is 0 Å². The summed E-state index contributed by atoms with van der Waals surface area (Å²) in [4.78, 5) is 29.1. The fourth-order valence-electron chi connectivity index (χ4n) is 15.1. The standard InChI is InChI=1S/C47H74O18/c1-20-10-15-46(42(59)65-39-36(56)33(53)32(52)25(18-48)62-39)16-17-47(41(57)58)23(29(46)21(20)2)8-9-27-44(6)13-12-28(43(4,5)26(44)11-14-45(27,47)7)63-40-37(34(54)30(50)22(3)61-40)64-38-35(55)31(51)24(49)19-60-38/h8,20-22,24-40,48-56H,9-19H2,1-7H3,(H,57,58)/t20-,21+,22-,24+,25-,26+,27-,28+,29+,30-,31+,32-,33+,34+,35-,36-,37-,38+,39+,40+,44+,45-,46+,47-/m1/s1. The van der Waals surface area contributed by atoms with Gasteiger partial charge >= 0.3 is 11.9 Å². The van der Waals surface area contributed by atoms with Gasteiger partial charge < -0.3 is 79.5 Å². The summed E-state index contributed by atoms with van der Waals surface area (Å²) in [7, 11) is 0. The van der Waals surface area contributed by atoms with Crippen molar-refractivity contribution >= 4 is 11.9 Å². The fourth-order valence-corrected chi connectivity index (χ4v) is 15.1. The van der Waals surface area contributed by atoms with Gasteiger partial charge in [-0.05, 0) is 111 Å². The first-order valence-corrected chi connectivity index (χ1v) is 23.9. The topological polar surface area (TPSA) is 292 Å². The van der Waals surface area contributed by atoms with Gasteiger partial charge in [-0.25, -0.2) is 0 Å². The Balaban J connectivity index is 1.08. The molecular formula is C47H74O18. The number of carbonyl (C=O) groups excluding carboxylic acids is 1. The van der Waals surface area contributed by atoms with Crippen LogP contribution in [0, 0.1) is 56.7 Å². The molecule has 7 fully saturated rings. The molecule has 24 atom stereocenters. The number of hydrogen-bond acceptors (Lipinski definition) is 17. The number of rotatable bonds is 8. The zero-order chi connectivity index (χ0) is 47.5. The molecule has 65 heavy (non-hydrogen) atoms. The van der Waals surface area contributed by atoms with Crippen LogP contribution in [0.1, 0.15) is 106 Å². The number of aliphatic hydroxyl groups excluding tert-OH is 9. The van der Waals surface area contributed by atoms with Crippen LogP contribution in [0.4, 0.5) is 0 Å². The minimum atomic E-state index is -1.77. The Labute approximate surface area is 380 Å². The molecule has 18 nitrogen and oxygen atoms in total. The molecule has 4 saturated carbocycles. The monoisotopic (exact) mass is 926 g/mol. The number of aliphatic hydroxyl groups is 9. The SMILES string of the molecule is C[C@H]1[C@H](C)CC[C@]2(C(=O)O[C@@H]3O[C@H](CO)[C@@H](O)[C@H](O)[C@H]3O)CC[C@]3(C(=O)O)C(=CC[C@@H]4[C@@]5(C)CC[C@H](O[C@@H]6O[C@H](C)[C@@H](O)[C@H](O)[C@H]6O[C@@H]6OC[C@H](O)[C@H](O)[C@H]6O)C(C)(C)[C@@H]5CC[C@]43C)[C@H]12. The van der Waals surface area contributed by atoms with Crippen molar-refractivity contribution in [2.75, 3.05) is 13.2 Å². The highest BCUT2D eigenvalue weighted by Gasteiger charge is 2.74. The molecule has 0 unspecified atom stereocenters. The van der Waals surface area contributed by atoms with E-state index in [4.69, 9.17) is 28.4 Å².